The molecule has 202 valence electrons. The van der Waals surface area contributed by atoms with Crippen LogP contribution in [0.3, 0.4) is 0 Å². The molecule has 0 radical (unpaired) electrons. The van der Waals surface area contributed by atoms with Gasteiger partial charge >= 0.3 is 5.97 Å². The number of nitrogens with zero attached hydrogens (tertiary/aromatic N) is 4. The Morgan fingerprint density at radius 1 is 1.05 bits per heavy atom. The first-order valence-electron chi connectivity index (χ1n) is 13.3. The predicted molar refractivity (Wildman–Crippen MR) is 151 cm³/mol. The van der Waals surface area contributed by atoms with E-state index in [2.05, 4.69) is 36.1 Å². The van der Waals surface area contributed by atoms with Crippen LogP contribution in [-0.2, 0) is 11.0 Å². The summed E-state index contributed by atoms with van der Waals surface area (Å²) in [5.74, 6) is 1.28. The monoisotopic (exact) mass is 525 g/mol. The topological polar surface area (TPSA) is 113 Å². The zero-order chi connectivity index (χ0) is 27.8. The lowest BCUT2D eigenvalue weighted by molar-refractivity contribution is -0.00932. The average Bonchev–Trinajstić information content (AvgIpc) is 3.40. The van der Waals surface area contributed by atoms with E-state index in [9.17, 15) is 15.0 Å². The van der Waals surface area contributed by atoms with Crippen molar-refractivity contribution in [3.8, 4) is 5.82 Å². The Kier molecular flexibility index (Phi) is 6.99. The summed E-state index contributed by atoms with van der Waals surface area (Å²) in [6.07, 6.45) is 7.71. The number of pyridine rings is 2. The summed E-state index contributed by atoms with van der Waals surface area (Å²) in [6.45, 7) is 8.51. The number of imidazole rings is 1. The van der Waals surface area contributed by atoms with Gasteiger partial charge < -0.3 is 15.5 Å². The number of carboxylic acids is 1. The van der Waals surface area contributed by atoms with Crippen LogP contribution < -0.4 is 5.32 Å². The first-order valence-corrected chi connectivity index (χ1v) is 13.3. The number of aliphatic hydroxyl groups is 1. The smallest absolute Gasteiger partial charge is 0.335 e. The van der Waals surface area contributed by atoms with Gasteiger partial charge in [0, 0.05) is 12.4 Å². The van der Waals surface area contributed by atoms with Crippen molar-refractivity contribution in [3.63, 3.8) is 0 Å². The zero-order valence-corrected chi connectivity index (χ0v) is 22.8. The molecule has 1 fully saturated rings. The third-order valence-corrected chi connectivity index (χ3v) is 7.61. The molecule has 4 aromatic rings. The van der Waals surface area contributed by atoms with Crippen LogP contribution in [0.1, 0.15) is 85.1 Å². The molecule has 5 rings (SSSR count). The first kappa shape index (κ1) is 26.6. The molecule has 1 aliphatic rings. The van der Waals surface area contributed by atoms with Crippen LogP contribution in [-0.4, -0.2) is 35.7 Å². The molecular weight excluding hydrogens is 490 g/mol. The minimum atomic E-state index is -1.07. The van der Waals surface area contributed by atoms with Gasteiger partial charge in [-0.1, -0.05) is 39.0 Å². The molecule has 0 aliphatic heterocycles. The second kappa shape index (κ2) is 10.3. The van der Waals surface area contributed by atoms with Gasteiger partial charge in [0.2, 0.25) is 0 Å². The molecule has 3 aromatic heterocycles. The minimum absolute atomic E-state index is 0.0107. The third-order valence-electron chi connectivity index (χ3n) is 7.61. The molecule has 8 nitrogen and oxygen atoms in total. The number of aromatic carboxylic acids is 1. The van der Waals surface area contributed by atoms with E-state index in [0.29, 0.717) is 48.6 Å². The number of hydrogen-bond acceptors (Lipinski definition) is 6. The number of aryl methyl sites for hydroxylation is 1. The Morgan fingerprint density at radius 2 is 1.79 bits per heavy atom. The SMILES string of the molecule is Cc1cc(Nc2cc(C(C)(C)C)ccn2)nc(-n2cnc(C3(O)CCC(c4ccccc4C(=O)O)CC3)c2)c1. The van der Waals surface area contributed by atoms with E-state index in [0.717, 1.165) is 16.9 Å². The highest BCUT2D eigenvalue weighted by Crippen LogP contribution is 2.43. The number of benzene rings is 1. The largest absolute Gasteiger partial charge is 0.478 e. The Morgan fingerprint density at radius 3 is 2.51 bits per heavy atom. The molecule has 3 heterocycles. The van der Waals surface area contributed by atoms with Crippen molar-refractivity contribution in [2.75, 3.05) is 5.32 Å². The maximum atomic E-state index is 11.7. The van der Waals surface area contributed by atoms with Gasteiger partial charge in [-0.3, -0.25) is 4.57 Å². The molecule has 1 saturated carbocycles. The second-order valence-corrected chi connectivity index (χ2v) is 11.6. The number of aromatic nitrogens is 4. The molecule has 0 spiro atoms. The number of carbonyl (C=O) groups is 1. The average molecular weight is 526 g/mol. The van der Waals surface area contributed by atoms with E-state index >= 15 is 0 Å². The van der Waals surface area contributed by atoms with Crippen LogP contribution in [0.2, 0.25) is 0 Å². The van der Waals surface area contributed by atoms with Crippen molar-refractivity contribution < 1.29 is 15.0 Å². The zero-order valence-electron chi connectivity index (χ0n) is 22.8. The van der Waals surface area contributed by atoms with E-state index in [1.165, 1.54) is 5.56 Å². The van der Waals surface area contributed by atoms with Crippen LogP contribution in [0.4, 0.5) is 11.6 Å². The van der Waals surface area contributed by atoms with Gasteiger partial charge in [0.25, 0.3) is 0 Å². The molecule has 1 aromatic carbocycles. The summed E-state index contributed by atoms with van der Waals surface area (Å²) in [7, 11) is 0. The van der Waals surface area contributed by atoms with Gasteiger partial charge in [-0.2, -0.15) is 0 Å². The number of rotatable bonds is 6. The lowest BCUT2D eigenvalue weighted by atomic mass is 9.74. The molecule has 3 N–H and O–H groups in total. The van der Waals surface area contributed by atoms with Crippen molar-refractivity contribution >= 4 is 17.6 Å². The van der Waals surface area contributed by atoms with Crippen molar-refractivity contribution in [2.24, 2.45) is 0 Å². The van der Waals surface area contributed by atoms with Crippen LogP contribution in [0.25, 0.3) is 5.82 Å². The van der Waals surface area contributed by atoms with E-state index in [4.69, 9.17) is 4.98 Å². The third kappa shape index (κ3) is 5.71. The van der Waals surface area contributed by atoms with E-state index in [1.807, 2.05) is 54.1 Å². The van der Waals surface area contributed by atoms with Crippen molar-refractivity contribution in [1.29, 1.82) is 0 Å². The summed E-state index contributed by atoms with van der Waals surface area (Å²) < 4.78 is 1.83. The highest BCUT2D eigenvalue weighted by Gasteiger charge is 2.38. The number of nitrogens with one attached hydrogen (secondary N) is 1. The maximum Gasteiger partial charge on any atom is 0.335 e. The van der Waals surface area contributed by atoms with Crippen molar-refractivity contribution in [2.45, 2.75) is 70.3 Å². The Balaban J connectivity index is 1.33. The Bertz CT molecular complexity index is 1500. The summed E-state index contributed by atoms with van der Waals surface area (Å²) in [5.41, 5.74) is 2.93. The lowest BCUT2D eigenvalue weighted by Crippen LogP contribution is -2.31. The fourth-order valence-electron chi connectivity index (χ4n) is 5.34. The van der Waals surface area contributed by atoms with Gasteiger partial charge in [-0.15, -0.1) is 0 Å². The molecule has 39 heavy (non-hydrogen) atoms. The van der Waals surface area contributed by atoms with Crippen molar-refractivity contribution in [3.05, 3.63) is 95.2 Å². The quantitative estimate of drug-likeness (QED) is 0.272. The predicted octanol–water partition coefficient (Wildman–Crippen LogP) is 6.26. The van der Waals surface area contributed by atoms with Crippen LogP contribution in [0.15, 0.2) is 67.3 Å². The van der Waals surface area contributed by atoms with Gasteiger partial charge in [-0.05, 0) is 91.0 Å². The van der Waals surface area contributed by atoms with Crippen LogP contribution in [0, 0.1) is 6.92 Å². The molecule has 0 unspecified atom stereocenters. The molecule has 8 heteroatoms. The minimum Gasteiger partial charge on any atom is -0.478 e. The summed E-state index contributed by atoms with van der Waals surface area (Å²) in [4.78, 5) is 25.5. The number of hydrogen-bond donors (Lipinski definition) is 3. The molecule has 0 saturated heterocycles. The van der Waals surface area contributed by atoms with Crippen LogP contribution in [0.5, 0.6) is 0 Å². The van der Waals surface area contributed by atoms with Crippen molar-refractivity contribution in [1.82, 2.24) is 19.5 Å². The van der Waals surface area contributed by atoms with E-state index in [-0.39, 0.29) is 11.3 Å². The highest BCUT2D eigenvalue weighted by molar-refractivity contribution is 5.89. The fourth-order valence-corrected chi connectivity index (χ4v) is 5.34. The van der Waals surface area contributed by atoms with E-state index < -0.39 is 11.6 Å². The molecule has 1 aliphatic carbocycles. The normalized spacial score (nSPS) is 19.6. The molecule has 0 bridgehead atoms. The summed E-state index contributed by atoms with van der Waals surface area (Å²) in [5, 5.41) is 24.4. The van der Waals surface area contributed by atoms with Gasteiger partial charge in [0.15, 0.2) is 0 Å². The second-order valence-electron chi connectivity index (χ2n) is 11.6. The maximum absolute atomic E-state index is 11.7. The van der Waals surface area contributed by atoms with Gasteiger partial charge in [0.05, 0.1) is 11.3 Å². The lowest BCUT2D eigenvalue weighted by Gasteiger charge is -2.35. The standard InChI is InChI=1S/C31H35N5O3/c1-20-15-27(34-26-17-22(11-14-32-26)30(2,3)4)35-28(16-20)36-18-25(33-19-36)31(39)12-9-21(10-13-31)23-7-5-6-8-24(23)29(37)38/h5-8,11,14-19,21,39H,9-10,12-13H2,1-4H3,(H,37,38)(H,32,34,35). The summed E-state index contributed by atoms with van der Waals surface area (Å²) >= 11 is 0. The number of anilines is 2. The Hall–Kier alpha value is -4.04. The Labute approximate surface area is 228 Å². The highest BCUT2D eigenvalue weighted by atomic mass is 16.4. The molecule has 0 atom stereocenters. The first-order chi connectivity index (χ1) is 18.5. The van der Waals surface area contributed by atoms with Crippen LogP contribution >= 0.6 is 0 Å². The number of carboxylic acid groups (broad SMARTS) is 1. The van der Waals surface area contributed by atoms with Gasteiger partial charge in [-0.25, -0.2) is 19.7 Å². The summed E-state index contributed by atoms with van der Waals surface area (Å²) in [6, 6.07) is 15.2. The fraction of sp³-hybridized carbons (Fsp3) is 0.355. The molecule has 0 amide bonds. The van der Waals surface area contributed by atoms with Gasteiger partial charge in [0.1, 0.15) is 29.4 Å². The molecular formula is C31H35N5O3. The van der Waals surface area contributed by atoms with E-state index in [1.54, 1.807) is 24.7 Å².